The number of hydrogen-bond donors (Lipinski definition) is 2. The molecule has 3 atom stereocenters. The Bertz CT molecular complexity index is 1350. The van der Waals surface area contributed by atoms with Crippen molar-refractivity contribution in [2.75, 3.05) is 6.54 Å². The van der Waals surface area contributed by atoms with Crippen LogP contribution in [-0.2, 0) is 0 Å². The Labute approximate surface area is 212 Å². The number of fused-ring (bicyclic) bond motifs is 2. The highest BCUT2D eigenvalue weighted by Gasteiger charge is 2.30. The van der Waals surface area contributed by atoms with E-state index >= 15 is 0 Å². The number of carboxylic acid groups (broad SMARTS) is 1. The number of para-hydroxylation sites is 1. The van der Waals surface area contributed by atoms with Gasteiger partial charge in [0, 0.05) is 24.1 Å². The normalized spacial score (nSPS) is 17.7. The lowest BCUT2D eigenvalue weighted by Gasteiger charge is -2.33. The molecule has 0 spiro atoms. The summed E-state index contributed by atoms with van der Waals surface area (Å²) in [6, 6.07) is 29.0. The largest absolute Gasteiger partial charge is 0.489 e. The van der Waals surface area contributed by atoms with E-state index in [1.807, 2.05) is 37.3 Å². The van der Waals surface area contributed by atoms with Crippen LogP contribution in [0.25, 0.3) is 10.8 Å². The Morgan fingerprint density at radius 3 is 2.60 bits per heavy atom. The first-order valence-corrected chi connectivity index (χ1v) is 11.8. The maximum absolute atomic E-state index is 11.7. The average molecular weight is 488 g/mol. The fourth-order valence-electron chi connectivity index (χ4n) is 5.07. The molecule has 0 bridgehead atoms. The molecular weight excluding hydrogens is 458 g/mol. The molecule has 4 aromatic rings. The van der Waals surface area contributed by atoms with E-state index < -0.39 is 5.97 Å². The van der Waals surface area contributed by atoms with E-state index in [-0.39, 0.29) is 30.5 Å². The first-order chi connectivity index (χ1) is 16.5. The minimum Gasteiger partial charge on any atom is -0.489 e. The highest BCUT2D eigenvalue weighted by molar-refractivity contribution is 5.89. The molecule has 1 aliphatic heterocycles. The summed E-state index contributed by atoms with van der Waals surface area (Å²) in [5, 5.41) is 15.8. The first kappa shape index (κ1) is 24.8. The van der Waals surface area contributed by atoms with E-state index in [1.54, 1.807) is 0 Å². The van der Waals surface area contributed by atoms with E-state index in [9.17, 15) is 9.90 Å². The Kier molecular flexibility index (Phi) is 7.44. The molecule has 0 fully saturated rings. The lowest BCUT2D eigenvalue weighted by molar-refractivity contribution is 0.0696. The van der Waals surface area contributed by atoms with Crippen molar-refractivity contribution < 1.29 is 14.6 Å². The highest BCUT2D eigenvalue weighted by Crippen LogP contribution is 2.40. The second-order valence-corrected chi connectivity index (χ2v) is 9.14. The molecule has 5 heteroatoms. The number of nitrogens with one attached hydrogen (secondary N) is 1. The number of carboxylic acids is 1. The molecular formula is C30H30ClNO3. The van der Waals surface area contributed by atoms with E-state index in [2.05, 4.69) is 66.8 Å². The van der Waals surface area contributed by atoms with Gasteiger partial charge in [0.15, 0.2) is 0 Å². The maximum Gasteiger partial charge on any atom is 0.335 e. The standard InChI is InChI=1S/C30H29NO3.ClH/c1-19-14-15-22(16-27(19)30(32)33)28-17-23(34-29-13-6-5-11-26(28)29)18-31-20(2)24-12-7-9-21-8-3-4-10-25(21)24;/h3-16,20,23,28,31H,17-18H2,1-2H3,(H,32,33);1H/t20-,23-,28+;/m1./s1. The van der Waals surface area contributed by atoms with Crippen LogP contribution in [0.2, 0.25) is 0 Å². The summed E-state index contributed by atoms with van der Waals surface area (Å²) in [6.07, 6.45) is 0.765. The zero-order chi connectivity index (χ0) is 23.7. The van der Waals surface area contributed by atoms with Gasteiger partial charge in [-0.2, -0.15) is 0 Å². The fraction of sp³-hybridized carbons (Fsp3) is 0.233. The molecule has 1 aliphatic rings. The third-order valence-electron chi connectivity index (χ3n) is 6.92. The van der Waals surface area contributed by atoms with E-state index in [1.165, 1.54) is 16.3 Å². The zero-order valence-electron chi connectivity index (χ0n) is 19.9. The lowest BCUT2D eigenvalue weighted by Crippen LogP contribution is -2.37. The minimum atomic E-state index is -0.887. The first-order valence-electron chi connectivity index (χ1n) is 11.8. The van der Waals surface area contributed by atoms with Crippen LogP contribution in [0.5, 0.6) is 5.75 Å². The predicted octanol–water partition coefficient (Wildman–Crippen LogP) is 6.90. The van der Waals surface area contributed by atoms with Crippen molar-refractivity contribution in [3.63, 3.8) is 0 Å². The number of benzene rings is 4. The van der Waals surface area contributed by atoms with Gasteiger partial charge in [-0.25, -0.2) is 4.79 Å². The predicted molar refractivity (Wildman–Crippen MR) is 143 cm³/mol. The molecule has 0 aliphatic carbocycles. The van der Waals surface area contributed by atoms with Gasteiger partial charge >= 0.3 is 5.97 Å². The SMILES string of the molecule is Cc1ccc([C@@H]2C[C@H](CN[C@H](C)c3cccc4ccccc34)Oc3ccccc32)cc1C(=O)O.Cl. The van der Waals surface area contributed by atoms with Crippen molar-refractivity contribution in [1.82, 2.24) is 5.32 Å². The summed E-state index contributed by atoms with van der Waals surface area (Å²) in [7, 11) is 0. The Hall–Kier alpha value is -3.34. The summed E-state index contributed by atoms with van der Waals surface area (Å²) in [5.41, 5.74) is 4.54. The molecule has 0 saturated carbocycles. The van der Waals surface area contributed by atoms with Gasteiger partial charge in [-0.1, -0.05) is 72.8 Å². The van der Waals surface area contributed by atoms with Crippen LogP contribution in [0.1, 0.15) is 57.9 Å². The summed E-state index contributed by atoms with van der Waals surface area (Å²) in [5.74, 6) is 0.0750. The molecule has 4 nitrogen and oxygen atoms in total. The quantitative estimate of drug-likeness (QED) is 0.310. The molecule has 4 aromatic carbocycles. The summed E-state index contributed by atoms with van der Waals surface area (Å²) < 4.78 is 6.38. The number of aromatic carboxylic acids is 1. The summed E-state index contributed by atoms with van der Waals surface area (Å²) >= 11 is 0. The topological polar surface area (TPSA) is 58.6 Å². The number of aryl methyl sites for hydroxylation is 1. The molecule has 0 radical (unpaired) electrons. The molecule has 1 heterocycles. The van der Waals surface area contributed by atoms with Crippen molar-refractivity contribution in [2.45, 2.75) is 38.3 Å². The van der Waals surface area contributed by atoms with Gasteiger partial charge in [0.25, 0.3) is 0 Å². The van der Waals surface area contributed by atoms with Crippen molar-refractivity contribution in [2.24, 2.45) is 0 Å². The fourth-order valence-corrected chi connectivity index (χ4v) is 5.07. The van der Waals surface area contributed by atoms with Gasteiger partial charge in [0.2, 0.25) is 0 Å². The second kappa shape index (κ2) is 10.5. The molecule has 35 heavy (non-hydrogen) atoms. The average Bonchev–Trinajstić information content (AvgIpc) is 2.86. The summed E-state index contributed by atoms with van der Waals surface area (Å²) in [4.78, 5) is 11.7. The number of ether oxygens (including phenoxy) is 1. The van der Waals surface area contributed by atoms with Crippen LogP contribution < -0.4 is 10.1 Å². The van der Waals surface area contributed by atoms with E-state index in [4.69, 9.17) is 4.74 Å². The molecule has 5 rings (SSSR count). The van der Waals surface area contributed by atoms with Crippen molar-refractivity contribution in [3.8, 4) is 5.75 Å². The van der Waals surface area contributed by atoms with Gasteiger partial charge in [-0.3, -0.25) is 0 Å². The monoisotopic (exact) mass is 487 g/mol. The van der Waals surface area contributed by atoms with Gasteiger partial charge < -0.3 is 15.2 Å². The Balaban J connectivity index is 0.00000289. The molecule has 180 valence electrons. The van der Waals surface area contributed by atoms with Crippen LogP contribution >= 0.6 is 12.4 Å². The van der Waals surface area contributed by atoms with Crippen LogP contribution in [-0.4, -0.2) is 23.7 Å². The van der Waals surface area contributed by atoms with Crippen molar-refractivity contribution >= 4 is 29.1 Å². The van der Waals surface area contributed by atoms with Crippen molar-refractivity contribution in [3.05, 3.63) is 113 Å². The smallest absolute Gasteiger partial charge is 0.335 e. The molecule has 0 amide bonds. The zero-order valence-corrected chi connectivity index (χ0v) is 20.7. The highest BCUT2D eigenvalue weighted by atomic mass is 35.5. The van der Waals surface area contributed by atoms with Gasteiger partial charge in [0.1, 0.15) is 11.9 Å². The van der Waals surface area contributed by atoms with Crippen molar-refractivity contribution in [1.29, 1.82) is 0 Å². The molecule has 0 saturated heterocycles. The second-order valence-electron chi connectivity index (χ2n) is 9.14. The number of rotatable bonds is 6. The van der Waals surface area contributed by atoms with Gasteiger partial charge in [0.05, 0.1) is 5.56 Å². The Morgan fingerprint density at radius 2 is 1.77 bits per heavy atom. The lowest BCUT2D eigenvalue weighted by atomic mass is 9.83. The maximum atomic E-state index is 11.7. The number of carbonyl (C=O) groups is 1. The van der Waals surface area contributed by atoms with Crippen LogP contribution in [0, 0.1) is 6.92 Å². The van der Waals surface area contributed by atoms with Gasteiger partial charge in [-0.15, -0.1) is 12.4 Å². The molecule has 2 N–H and O–H groups in total. The van der Waals surface area contributed by atoms with Gasteiger partial charge in [-0.05, 0) is 59.9 Å². The van der Waals surface area contributed by atoms with Crippen LogP contribution in [0.4, 0.5) is 0 Å². The third-order valence-corrected chi connectivity index (χ3v) is 6.92. The summed E-state index contributed by atoms with van der Waals surface area (Å²) in [6.45, 7) is 4.73. The molecule has 0 unspecified atom stereocenters. The third kappa shape index (κ3) is 5.04. The molecule has 0 aromatic heterocycles. The van der Waals surface area contributed by atoms with E-state index in [0.717, 1.165) is 28.9 Å². The number of halogens is 1. The number of hydrogen-bond acceptors (Lipinski definition) is 3. The van der Waals surface area contributed by atoms with Crippen LogP contribution in [0.15, 0.2) is 84.9 Å². The van der Waals surface area contributed by atoms with E-state index in [0.29, 0.717) is 12.1 Å². The Morgan fingerprint density at radius 1 is 1.03 bits per heavy atom. The minimum absolute atomic E-state index is 0. The van der Waals surface area contributed by atoms with Crippen LogP contribution in [0.3, 0.4) is 0 Å².